The molecule has 2 rings (SSSR count). The van der Waals surface area contributed by atoms with Crippen LogP contribution in [0.2, 0.25) is 0 Å². The first-order valence-electron chi connectivity index (χ1n) is 7.66. The maximum Gasteiger partial charge on any atom is 0.0713 e. The van der Waals surface area contributed by atoms with Crippen molar-refractivity contribution < 1.29 is 4.74 Å². The second kappa shape index (κ2) is 8.34. The van der Waals surface area contributed by atoms with E-state index in [0.29, 0.717) is 6.61 Å². The van der Waals surface area contributed by atoms with E-state index < -0.39 is 0 Å². The van der Waals surface area contributed by atoms with Crippen LogP contribution in [0.3, 0.4) is 0 Å². The van der Waals surface area contributed by atoms with Crippen LogP contribution in [0.1, 0.15) is 49.7 Å². The molecule has 2 nitrogen and oxygen atoms in total. The zero-order valence-electron chi connectivity index (χ0n) is 12.2. The number of hydrogen-bond donors (Lipinski definition) is 1. The summed E-state index contributed by atoms with van der Waals surface area (Å²) in [6.07, 6.45) is 8.56. The number of rotatable bonds is 6. The lowest BCUT2D eigenvalue weighted by Crippen LogP contribution is -2.22. The molecule has 19 heavy (non-hydrogen) atoms. The Morgan fingerprint density at radius 1 is 1.11 bits per heavy atom. The zero-order valence-corrected chi connectivity index (χ0v) is 12.2. The first-order valence-corrected chi connectivity index (χ1v) is 7.66. The number of nitrogens with one attached hydrogen (secondary N) is 1. The summed E-state index contributed by atoms with van der Waals surface area (Å²) >= 11 is 0. The molecule has 0 unspecified atom stereocenters. The summed E-state index contributed by atoms with van der Waals surface area (Å²) < 4.78 is 5.18. The highest BCUT2D eigenvalue weighted by Gasteiger charge is 2.11. The van der Waals surface area contributed by atoms with Crippen molar-refractivity contribution in [3.05, 3.63) is 35.4 Å². The minimum atomic E-state index is 0.705. The molecule has 0 bridgehead atoms. The largest absolute Gasteiger partial charge is 0.380 e. The summed E-state index contributed by atoms with van der Waals surface area (Å²) in [5.74, 6) is 0.893. The van der Waals surface area contributed by atoms with Crippen molar-refractivity contribution in [1.82, 2.24) is 5.32 Å². The Hall–Kier alpha value is -0.860. The third kappa shape index (κ3) is 5.33. The van der Waals surface area contributed by atoms with Crippen molar-refractivity contribution in [3.63, 3.8) is 0 Å². The fourth-order valence-corrected chi connectivity index (χ4v) is 2.98. The summed E-state index contributed by atoms with van der Waals surface area (Å²) in [6.45, 7) is 2.86. The van der Waals surface area contributed by atoms with E-state index in [2.05, 4.69) is 29.6 Å². The van der Waals surface area contributed by atoms with Gasteiger partial charge in [0.1, 0.15) is 0 Å². The molecule has 0 spiro atoms. The molecule has 0 aromatic heterocycles. The smallest absolute Gasteiger partial charge is 0.0713 e. The van der Waals surface area contributed by atoms with Gasteiger partial charge in [0.2, 0.25) is 0 Å². The summed E-state index contributed by atoms with van der Waals surface area (Å²) in [5, 5.41) is 3.63. The average molecular weight is 261 g/mol. The van der Waals surface area contributed by atoms with Crippen molar-refractivity contribution in [3.8, 4) is 0 Å². The van der Waals surface area contributed by atoms with Gasteiger partial charge in [-0.2, -0.15) is 0 Å². The third-order valence-corrected chi connectivity index (χ3v) is 4.04. The minimum absolute atomic E-state index is 0.705. The molecular weight excluding hydrogens is 234 g/mol. The van der Waals surface area contributed by atoms with Gasteiger partial charge in [-0.1, -0.05) is 49.9 Å². The van der Waals surface area contributed by atoms with E-state index in [1.165, 1.54) is 56.2 Å². The molecule has 1 aromatic rings. The van der Waals surface area contributed by atoms with Crippen LogP contribution in [0, 0.1) is 5.92 Å². The zero-order chi connectivity index (χ0) is 13.3. The van der Waals surface area contributed by atoms with Crippen LogP contribution in [0.5, 0.6) is 0 Å². The molecule has 1 fully saturated rings. The van der Waals surface area contributed by atoms with Gasteiger partial charge in [-0.25, -0.2) is 0 Å². The lowest BCUT2D eigenvalue weighted by molar-refractivity contribution is 0.185. The Labute approximate surface area is 117 Å². The van der Waals surface area contributed by atoms with E-state index >= 15 is 0 Å². The highest BCUT2D eigenvalue weighted by molar-refractivity contribution is 5.22. The Morgan fingerprint density at radius 2 is 1.84 bits per heavy atom. The highest BCUT2D eigenvalue weighted by Crippen LogP contribution is 2.22. The maximum absolute atomic E-state index is 5.18. The summed E-state index contributed by atoms with van der Waals surface area (Å²) in [6, 6.07) is 8.68. The normalized spacial score (nSPS) is 17.3. The van der Waals surface area contributed by atoms with Crippen LogP contribution in [0.25, 0.3) is 0 Å². The molecule has 0 radical (unpaired) electrons. The van der Waals surface area contributed by atoms with E-state index in [1.807, 2.05) is 0 Å². The van der Waals surface area contributed by atoms with Crippen molar-refractivity contribution in [2.24, 2.45) is 5.92 Å². The van der Waals surface area contributed by atoms with Gasteiger partial charge in [0, 0.05) is 13.7 Å². The van der Waals surface area contributed by atoms with Gasteiger partial charge in [-0.05, 0) is 36.4 Å². The van der Waals surface area contributed by atoms with E-state index in [0.717, 1.165) is 12.5 Å². The Balaban J connectivity index is 1.73. The molecule has 2 heteroatoms. The molecule has 1 aliphatic rings. The molecule has 1 saturated carbocycles. The molecule has 0 heterocycles. The maximum atomic E-state index is 5.18. The van der Waals surface area contributed by atoms with Crippen LogP contribution in [0.15, 0.2) is 24.3 Å². The Morgan fingerprint density at radius 3 is 2.58 bits per heavy atom. The lowest BCUT2D eigenvalue weighted by Gasteiger charge is -2.15. The second-order valence-electron chi connectivity index (χ2n) is 5.74. The third-order valence-electron chi connectivity index (χ3n) is 4.04. The molecular formula is C17H27NO. The lowest BCUT2D eigenvalue weighted by atomic mass is 10.0. The van der Waals surface area contributed by atoms with Crippen LogP contribution in [0.4, 0.5) is 0 Å². The molecule has 0 aliphatic heterocycles. The van der Waals surface area contributed by atoms with Gasteiger partial charge in [0.25, 0.3) is 0 Å². The Bertz CT molecular complexity index is 356. The topological polar surface area (TPSA) is 21.3 Å². The number of hydrogen-bond acceptors (Lipinski definition) is 2. The van der Waals surface area contributed by atoms with E-state index in [1.54, 1.807) is 7.11 Å². The second-order valence-corrected chi connectivity index (χ2v) is 5.74. The van der Waals surface area contributed by atoms with E-state index in [9.17, 15) is 0 Å². The molecule has 0 amide bonds. The molecule has 1 N–H and O–H groups in total. The minimum Gasteiger partial charge on any atom is -0.380 e. The monoisotopic (exact) mass is 261 g/mol. The molecule has 106 valence electrons. The predicted octanol–water partition coefficient (Wildman–Crippen LogP) is 3.89. The molecule has 1 aliphatic carbocycles. The van der Waals surface area contributed by atoms with E-state index in [4.69, 9.17) is 4.74 Å². The summed E-state index contributed by atoms with van der Waals surface area (Å²) in [4.78, 5) is 0. The van der Waals surface area contributed by atoms with Gasteiger partial charge in [-0.3, -0.25) is 0 Å². The van der Waals surface area contributed by atoms with Crippen molar-refractivity contribution in [2.45, 2.75) is 51.7 Å². The number of ether oxygens (including phenoxy) is 1. The summed E-state index contributed by atoms with van der Waals surface area (Å²) in [5.41, 5.74) is 2.62. The van der Waals surface area contributed by atoms with Crippen LogP contribution >= 0.6 is 0 Å². The predicted molar refractivity (Wildman–Crippen MR) is 80.1 cm³/mol. The van der Waals surface area contributed by atoms with Crippen LogP contribution < -0.4 is 5.32 Å². The quantitative estimate of drug-likeness (QED) is 0.784. The van der Waals surface area contributed by atoms with Crippen molar-refractivity contribution in [1.29, 1.82) is 0 Å². The van der Waals surface area contributed by atoms with Crippen LogP contribution in [-0.2, 0) is 17.9 Å². The van der Waals surface area contributed by atoms with Crippen molar-refractivity contribution >= 4 is 0 Å². The fourth-order valence-electron chi connectivity index (χ4n) is 2.98. The van der Waals surface area contributed by atoms with Gasteiger partial charge < -0.3 is 10.1 Å². The van der Waals surface area contributed by atoms with Crippen molar-refractivity contribution in [2.75, 3.05) is 13.7 Å². The highest BCUT2D eigenvalue weighted by atomic mass is 16.5. The van der Waals surface area contributed by atoms with Gasteiger partial charge in [0.05, 0.1) is 6.61 Å². The molecule has 1 aromatic carbocycles. The average Bonchev–Trinajstić information content (AvgIpc) is 2.68. The molecule has 0 atom stereocenters. The SMILES string of the molecule is COCc1cccc(CNCC2CCCCCC2)c1. The van der Waals surface area contributed by atoms with Gasteiger partial charge in [0.15, 0.2) is 0 Å². The summed E-state index contributed by atoms with van der Waals surface area (Å²) in [7, 11) is 1.75. The number of methoxy groups -OCH3 is 1. The van der Waals surface area contributed by atoms with Gasteiger partial charge >= 0.3 is 0 Å². The first kappa shape index (κ1) is 14.5. The van der Waals surface area contributed by atoms with E-state index in [-0.39, 0.29) is 0 Å². The van der Waals surface area contributed by atoms with Gasteiger partial charge in [-0.15, -0.1) is 0 Å². The fraction of sp³-hybridized carbons (Fsp3) is 0.647. The number of benzene rings is 1. The first-order chi connectivity index (χ1) is 9.38. The molecule has 0 saturated heterocycles. The Kier molecular flexibility index (Phi) is 6.38. The van der Waals surface area contributed by atoms with Crippen LogP contribution in [-0.4, -0.2) is 13.7 Å². The standard InChI is InChI=1S/C17H27NO/c1-19-14-17-10-6-9-16(11-17)13-18-12-15-7-4-2-3-5-8-15/h6,9-11,15,18H,2-5,7-8,12-14H2,1H3.